The summed E-state index contributed by atoms with van der Waals surface area (Å²) >= 11 is 16.5. The molecule has 1 amide bonds. The molecule has 4 nitrogen and oxygen atoms in total. The van der Waals surface area contributed by atoms with E-state index in [2.05, 4.69) is 15.4 Å². The summed E-state index contributed by atoms with van der Waals surface area (Å²) in [5.74, 6) is 0. The van der Waals surface area contributed by atoms with Crippen LogP contribution >= 0.6 is 35.4 Å². The van der Waals surface area contributed by atoms with E-state index in [4.69, 9.17) is 35.4 Å². The van der Waals surface area contributed by atoms with Gasteiger partial charge in [-0.1, -0.05) is 23.2 Å². The molecular weight excluding hydrogens is 271 g/mol. The zero-order valence-electron chi connectivity index (χ0n) is 8.21. The molecule has 0 saturated carbocycles. The molecule has 0 aliphatic rings. The molecule has 0 aliphatic carbocycles. The number of carbonyl (C=O) groups excluding carboxylic acids is 1. The minimum Gasteiger partial charge on any atom is -0.453 e. The molecule has 16 heavy (non-hydrogen) atoms. The van der Waals surface area contributed by atoms with Crippen LogP contribution in [0.5, 0.6) is 0 Å². The van der Waals surface area contributed by atoms with Crippen LogP contribution in [-0.2, 0) is 4.74 Å². The number of hydrogen-bond acceptors (Lipinski definition) is 3. The predicted octanol–water partition coefficient (Wildman–Crippen LogP) is 3.05. The summed E-state index contributed by atoms with van der Waals surface area (Å²) in [6.45, 7) is 0. The van der Waals surface area contributed by atoms with E-state index in [0.29, 0.717) is 15.7 Å². The van der Waals surface area contributed by atoms with Gasteiger partial charge < -0.3 is 10.1 Å². The summed E-state index contributed by atoms with van der Waals surface area (Å²) in [5.41, 5.74) is 0.549. The highest BCUT2D eigenvalue weighted by Crippen LogP contribution is 2.25. The number of ether oxygens (including phenoxy) is 1. The summed E-state index contributed by atoms with van der Waals surface area (Å²) in [6.07, 6.45) is -0.650. The third-order valence-electron chi connectivity index (χ3n) is 1.58. The largest absolute Gasteiger partial charge is 0.453 e. The number of rotatable bonds is 1. The first-order chi connectivity index (χ1) is 7.52. The molecule has 0 radical (unpaired) electrons. The van der Waals surface area contributed by atoms with Gasteiger partial charge in [-0.2, -0.15) is 0 Å². The van der Waals surface area contributed by atoms with Crippen molar-refractivity contribution in [2.75, 3.05) is 12.4 Å². The Labute approximate surface area is 108 Å². The SMILES string of the molecule is COC(=O)NC(=S)Nc1ccc(Cl)cc1Cl. The fourth-order valence-electron chi connectivity index (χ4n) is 0.888. The number of alkyl carbamates (subject to hydrolysis) is 1. The Hall–Kier alpha value is -1.04. The first-order valence-corrected chi connectivity index (χ1v) is 5.30. The van der Waals surface area contributed by atoms with Gasteiger partial charge in [0.2, 0.25) is 0 Å². The van der Waals surface area contributed by atoms with E-state index in [1.807, 2.05) is 0 Å². The number of hydrogen-bond donors (Lipinski definition) is 2. The summed E-state index contributed by atoms with van der Waals surface area (Å²) in [6, 6.07) is 4.86. The lowest BCUT2D eigenvalue weighted by molar-refractivity contribution is 0.177. The van der Waals surface area contributed by atoms with Crippen molar-refractivity contribution in [3.05, 3.63) is 28.2 Å². The van der Waals surface area contributed by atoms with Crippen LogP contribution in [0.15, 0.2) is 18.2 Å². The second kappa shape index (κ2) is 5.89. The minimum absolute atomic E-state index is 0.0936. The van der Waals surface area contributed by atoms with Gasteiger partial charge in [0.05, 0.1) is 17.8 Å². The maximum Gasteiger partial charge on any atom is 0.413 e. The molecule has 0 heterocycles. The molecule has 0 aromatic heterocycles. The molecule has 0 saturated heterocycles. The van der Waals surface area contributed by atoms with Crippen molar-refractivity contribution in [3.8, 4) is 0 Å². The zero-order chi connectivity index (χ0) is 12.1. The van der Waals surface area contributed by atoms with Crippen LogP contribution in [0.2, 0.25) is 10.0 Å². The lowest BCUT2D eigenvalue weighted by Crippen LogP contribution is -2.33. The van der Waals surface area contributed by atoms with Gasteiger partial charge in [0.15, 0.2) is 5.11 Å². The van der Waals surface area contributed by atoms with Crippen LogP contribution in [0, 0.1) is 0 Å². The summed E-state index contributed by atoms with van der Waals surface area (Å²) < 4.78 is 4.38. The summed E-state index contributed by atoms with van der Waals surface area (Å²) in [5, 5.41) is 6.03. The smallest absolute Gasteiger partial charge is 0.413 e. The number of methoxy groups -OCH3 is 1. The molecule has 2 N–H and O–H groups in total. The standard InChI is InChI=1S/C9H8Cl2N2O2S/c1-15-9(14)13-8(16)12-7-3-2-5(10)4-6(7)11/h2-4H,1H3,(H2,12,13,14,16). The van der Waals surface area contributed by atoms with Crippen LogP contribution in [0.1, 0.15) is 0 Å². The van der Waals surface area contributed by atoms with Crippen molar-refractivity contribution in [1.82, 2.24) is 5.32 Å². The number of anilines is 1. The fraction of sp³-hybridized carbons (Fsp3) is 0.111. The van der Waals surface area contributed by atoms with Gasteiger partial charge in [-0.3, -0.25) is 5.32 Å². The number of amides is 1. The normalized spacial score (nSPS) is 9.44. The second-order valence-electron chi connectivity index (χ2n) is 2.69. The van der Waals surface area contributed by atoms with E-state index in [-0.39, 0.29) is 5.11 Å². The Morgan fingerprint density at radius 2 is 2.12 bits per heavy atom. The molecule has 0 spiro atoms. The van der Waals surface area contributed by atoms with Crippen LogP contribution < -0.4 is 10.6 Å². The Kier molecular flexibility index (Phi) is 4.79. The Morgan fingerprint density at radius 1 is 1.44 bits per heavy atom. The number of benzene rings is 1. The van der Waals surface area contributed by atoms with E-state index in [1.54, 1.807) is 18.2 Å². The average Bonchev–Trinajstić information content (AvgIpc) is 2.22. The van der Waals surface area contributed by atoms with E-state index in [0.717, 1.165) is 0 Å². The molecule has 1 aromatic rings. The van der Waals surface area contributed by atoms with E-state index < -0.39 is 6.09 Å². The third-order valence-corrected chi connectivity index (χ3v) is 2.33. The molecule has 86 valence electrons. The minimum atomic E-state index is -0.650. The fourth-order valence-corrected chi connectivity index (χ4v) is 1.54. The highest BCUT2D eigenvalue weighted by Gasteiger charge is 2.06. The van der Waals surface area contributed by atoms with Crippen LogP contribution in [0.4, 0.5) is 10.5 Å². The van der Waals surface area contributed by atoms with Gasteiger partial charge in [-0.25, -0.2) is 4.79 Å². The van der Waals surface area contributed by atoms with Crippen molar-refractivity contribution < 1.29 is 9.53 Å². The maximum absolute atomic E-state index is 10.8. The summed E-state index contributed by atoms with van der Waals surface area (Å²) in [4.78, 5) is 10.8. The van der Waals surface area contributed by atoms with Crippen molar-refractivity contribution in [3.63, 3.8) is 0 Å². The van der Waals surface area contributed by atoms with Gasteiger partial charge in [0.25, 0.3) is 0 Å². The molecule has 1 aromatic carbocycles. The summed E-state index contributed by atoms with van der Waals surface area (Å²) in [7, 11) is 1.24. The second-order valence-corrected chi connectivity index (χ2v) is 3.95. The molecule has 1 rings (SSSR count). The van der Waals surface area contributed by atoms with E-state index in [9.17, 15) is 4.79 Å². The molecular formula is C9H8Cl2N2O2S. The molecule has 7 heteroatoms. The Morgan fingerprint density at radius 3 is 2.69 bits per heavy atom. The molecule has 0 unspecified atom stereocenters. The van der Waals surface area contributed by atoms with Crippen LogP contribution in [0.3, 0.4) is 0 Å². The molecule has 0 fully saturated rings. The van der Waals surface area contributed by atoms with E-state index >= 15 is 0 Å². The highest BCUT2D eigenvalue weighted by atomic mass is 35.5. The molecule has 0 bridgehead atoms. The van der Waals surface area contributed by atoms with Crippen LogP contribution in [0.25, 0.3) is 0 Å². The van der Waals surface area contributed by atoms with Gasteiger partial charge in [0, 0.05) is 5.02 Å². The first kappa shape index (κ1) is 13.0. The van der Waals surface area contributed by atoms with Crippen LogP contribution in [-0.4, -0.2) is 18.3 Å². The van der Waals surface area contributed by atoms with Crippen molar-refractivity contribution in [1.29, 1.82) is 0 Å². The topological polar surface area (TPSA) is 50.4 Å². The van der Waals surface area contributed by atoms with Gasteiger partial charge in [-0.15, -0.1) is 0 Å². The number of thiocarbonyl (C=S) groups is 1. The number of carbonyl (C=O) groups is 1. The Bertz CT molecular complexity index is 426. The Balaban J connectivity index is 2.66. The molecule has 0 aliphatic heterocycles. The van der Waals surface area contributed by atoms with Crippen molar-refractivity contribution >= 4 is 52.3 Å². The zero-order valence-corrected chi connectivity index (χ0v) is 10.5. The van der Waals surface area contributed by atoms with Gasteiger partial charge in [0.1, 0.15) is 0 Å². The maximum atomic E-state index is 10.8. The third kappa shape index (κ3) is 3.84. The highest BCUT2D eigenvalue weighted by molar-refractivity contribution is 7.80. The van der Waals surface area contributed by atoms with Gasteiger partial charge in [-0.05, 0) is 30.4 Å². The lowest BCUT2D eigenvalue weighted by Gasteiger charge is -2.09. The lowest BCUT2D eigenvalue weighted by atomic mass is 10.3. The first-order valence-electron chi connectivity index (χ1n) is 4.14. The van der Waals surface area contributed by atoms with Gasteiger partial charge >= 0.3 is 6.09 Å². The number of nitrogens with one attached hydrogen (secondary N) is 2. The number of halogens is 2. The average molecular weight is 279 g/mol. The van der Waals surface area contributed by atoms with Crippen molar-refractivity contribution in [2.24, 2.45) is 0 Å². The predicted molar refractivity (Wildman–Crippen MR) is 68.2 cm³/mol. The van der Waals surface area contributed by atoms with E-state index in [1.165, 1.54) is 7.11 Å². The molecule has 0 atom stereocenters. The monoisotopic (exact) mass is 278 g/mol. The van der Waals surface area contributed by atoms with Crippen molar-refractivity contribution in [2.45, 2.75) is 0 Å². The quantitative estimate of drug-likeness (QED) is 0.776.